The molecule has 0 aliphatic carbocycles. The van der Waals surface area contributed by atoms with Gasteiger partial charge in [0.15, 0.2) is 5.69 Å². The summed E-state index contributed by atoms with van der Waals surface area (Å²) in [6.07, 6.45) is 1.59. The minimum Gasteiger partial charge on any atom is -0.395 e. The van der Waals surface area contributed by atoms with Crippen LogP contribution in [-0.4, -0.2) is 34.3 Å². The average molecular weight is 210 g/mol. The van der Waals surface area contributed by atoms with E-state index in [1.807, 2.05) is 6.92 Å². The quantitative estimate of drug-likeness (QED) is 0.736. The number of aromatic nitrogens is 2. The van der Waals surface area contributed by atoms with Crippen LogP contribution >= 0.6 is 0 Å². The highest BCUT2D eigenvalue weighted by molar-refractivity contribution is 5.97. The summed E-state index contributed by atoms with van der Waals surface area (Å²) in [7, 11) is 0. The molecule has 15 heavy (non-hydrogen) atoms. The van der Waals surface area contributed by atoms with Gasteiger partial charge in [-0.1, -0.05) is 6.92 Å². The van der Waals surface area contributed by atoms with Gasteiger partial charge in [0, 0.05) is 0 Å². The molecule has 0 saturated carbocycles. The zero-order valence-electron chi connectivity index (χ0n) is 8.62. The SMILES string of the molecule is CCc1[nH]nc(C(=O)N2CCCO2)c1N. The van der Waals surface area contributed by atoms with Crippen molar-refractivity contribution in [2.24, 2.45) is 0 Å². The van der Waals surface area contributed by atoms with Gasteiger partial charge in [-0.05, 0) is 12.8 Å². The Balaban J connectivity index is 2.21. The minimum absolute atomic E-state index is 0.258. The van der Waals surface area contributed by atoms with Crippen LogP contribution in [0, 0.1) is 0 Å². The van der Waals surface area contributed by atoms with Gasteiger partial charge in [0.05, 0.1) is 24.5 Å². The molecule has 1 aromatic rings. The number of anilines is 1. The largest absolute Gasteiger partial charge is 0.395 e. The van der Waals surface area contributed by atoms with Crippen molar-refractivity contribution in [2.45, 2.75) is 19.8 Å². The van der Waals surface area contributed by atoms with E-state index in [2.05, 4.69) is 10.2 Å². The number of nitrogens with zero attached hydrogens (tertiary/aromatic N) is 2. The number of H-pyrrole nitrogens is 1. The van der Waals surface area contributed by atoms with Crippen molar-refractivity contribution in [3.05, 3.63) is 11.4 Å². The number of hydroxylamine groups is 2. The molecule has 0 atom stereocenters. The van der Waals surface area contributed by atoms with Gasteiger partial charge in [-0.15, -0.1) is 0 Å². The topological polar surface area (TPSA) is 84.2 Å². The summed E-state index contributed by atoms with van der Waals surface area (Å²) < 4.78 is 0. The van der Waals surface area contributed by atoms with Crippen LogP contribution in [0.4, 0.5) is 5.69 Å². The zero-order valence-corrected chi connectivity index (χ0v) is 8.62. The lowest BCUT2D eigenvalue weighted by Gasteiger charge is -2.11. The Bertz CT molecular complexity index is 368. The molecule has 2 heterocycles. The second-order valence-corrected chi connectivity index (χ2v) is 3.41. The molecule has 1 saturated heterocycles. The third kappa shape index (κ3) is 1.68. The van der Waals surface area contributed by atoms with Crippen molar-refractivity contribution in [1.29, 1.82) is 0 Å². The van der Waals surface area contributed by atoms with E-state index in [9.17, 15) is 4.79 Å². The summed E-state index contributed by atoms with van der Waals surface area (Å²) in [5, 5.41) is 7.97. The molecule has 1 aliphatic rings. The van der Waals surface area contributed by atoms with E-state index in [4.69, 9.17) is 10.6 Å². The average Bonchev–Trinajstić information content (AvgIpc) is 2.85. The number of hydrogen-bond donors (Lipinski definition) is 2. The van der Waals surface area contributed by atoms with Crippen LogP contribution in [-0.2, 0) is 11.3 Å². The highest BCUT2D eigenvalue weighted by atomic mass is 16.7. The first-order valence-electron chi connectivity index (χ1n) is 5.01. The van der Waals surface area contributed by atoms with Crippen molar-refractivity contribution < 1.29 is 9.63 Å². The predicted octanol–water partition coefficient (Wildman–Crippen LogP) is 0.332. The first-order valence-corrected chi connectivity index (χ1v) is 5.01. The summed E-state index contributed by atoms with van der Waals surface area (Å²) in [5.74, 6) is -0.263. The van der Waals surface area contributed by atoms with E-state index in [0.717, 1.165) is 18.5 Å². The third-order valence-electron chi connectivity index (χ3n) is 2.42. The number of amides is 1. The molecule has 0 aromatic carbocycles. The number of rotatable bonds is 2. The lowest BCUT2D eigenvalue weighted by molar-refractivity contribution is -0.0771. The Labute approximate surface area is 87.3 Å². The number of nitrogens with one attached hydrogen (secondary N) is 1. The fourth-order valence-electron chi connectivity index (χ4n) is 1.55. The highest BCUT2D eigenvalue weighted by Gasteiger charge is 2.25. The van der Waals surface area contributed by atoms with Crippen molar-refractivity contribution in [3.8, 4) is 0 Å². The second-order valence-electron chi connectivity index (χ2n) is 3.41. The zero-order chi connectivity index (χ0) is 10.8. The van der Waals surface area contributed by atoms with Gasteiger partial charge in [0.25, 0.3) is 5.91 Å². The normalized spacial score (nSPS) is 15.9. The summed E-state index contributed by atoms with van der Waals surface area (Å²) >= 11 is 0. The summed E-state index contributed by atoms with van der Waals surface area (Å²) in [4.78, 5) is 17.0. The van der Waals surface area contributed by atoms with Gasteiger partial charge in [-0.3, -0.25) is 14.7 Å². The van der Waals surface area contributed by atoms with Crippen molar-refractivity contribution in [1.82, 2.24) is 15.3 Å². The number of nitrogens with two attached hydrogens (primary N) is 1. The standard InChI is InChI=1S/C9H14N4O2/c1-2-6-7(10)8(12-11-6)9(14)13-4-3-5-15-13/h2-5,10H2,1H3,(H,11,12). The van der Waals surface area contributed by atoms with Crippen LogP contribution < -0.4 is 5.73 Å². The van der Waals surface area contributed by atoms with Gasteiger partial charge in [0.2, 0.25) is 0 Å². The maximum Gasteiger partial charge on any atom is 0.300 e. The molecule has 0 bridgehead atoms. The monoisotopic (exact) mass is 210 g/mol. The molecule has 1 aliphatic heterocycles. The van der Waals surface area contributed by atoms with E-state index in [0.29, 0.717) is 18.8 Å². The van der Waals surface area contributed by atoms with Gasteiger partial charge < -0.3 is 5.73 Å². The van der Waals surface area contributed by atoms with Crippen LogP contribution in [0.1, 0.15) is 29.5 Å². The van der Waals surface area contributed by atoms with E-state index >= 15 is 0 Å². The fourth-order valence-corrected chi connectivity index (χ4v) is 1.55. The number of aryl methyl sites for hydroxylation is 1. The lowest BCUT2D eigenvalue weighted by Crippen LogP contribution is -2.27. The van der Waals surface area contributed by atoms with E-state index in [-0.39, 0.29) is 11.6 Å². The predicted molar refractivity (Wildman–Crippen MR) is 54.0 cm³/mol. The summed E-state index contributed by atoms with van der Waals surface area (Å²) in [6, 6.07) is 0. The van der Waals surface area contributed by atoms with Gasteiger partial charge in [0.1, 0.15) is 0 Å². The smallest absolute Gasteiger partial charge is 0.300 e. The molecule has 6 nitrogen and oxygen atoms in total. The first-order chi connectivity index (χ1) is 7.24. The molecule has 0 unspecified atom stereocenters. The molecule has 0 spiro atoms. The molecule has 82 valence electrons. The Kier molecular flexibility index (Phi) is 2.59. The van der Waals surface area contributed by atoms with E-state index in [1.165, 1.54) is 5.06 Å². The molecule has 6 heteroatoms. The van der Waals surface area contributed by atoms with Gasteiger partial charge >= 0.3 is 0 Å². The Hall–Kier alpha value is -1.56. The second kappa shape index (κ2) is 3.90. The van der Waals surface area contributed by atoms with Crippen molar-refractivity contribution in [2.75, 3.05) is 18.9 Å². The van der Waals surface area contributed by atoms with Crippen LogP contribution in [0.15, 0.2) is 0 Å². The number of nitrogen functional groups attached to an aromatic ring is 1. The number of aromatic amines is 1. The van der Waals surface area contributed by atoms with Gasteiger partial charge in [-0.2, -0.15) is 5.10 Å². The number of carbonyl (C=O) groups is 1. The lowest BCUT2D eigenvalue weighted by atomic mass is 10.2. The summed E-state index contributed by atoms with van der Waals surface area (Å²) in [5.41, 5.74) is 7.26. The first kappa shape index (κ1) is 9.97. The Morgan fingerprint density at radius 2 is 2.53 bits per heavy atom. The molecule has 1 amide bonds. The molecule has 3 N–H and O–H groups in total. The molecular formula is C9H14N4O2. The maximum atomic E-state index is 11.8. The summed E-state index contributed by atoms with van der Waals surface area (Å²) in [6.45, 7) is 3.13. The molecule has 0 radical (unpaired) electrons. The van der Waals surface area contributed by atoms with Crippen LogP contribution in [0.5, 0.6) is 0 Å². The van der Waals surface area contributed by atoms with Crippen molar-refractivity contribution in [3.63, 3.8) is 0 Å². The fraction of sp³-hybridized carbons (Fsp3) is 0.556. The molecule has 1 aromatic heterocycles. The molecule has 1 fully saturated rings. The van der Waals surface area contributed by atoms with Gasteiger partial charge in [-0.25, -0.2) is 5.06 Å². The van der Waals surface area contributed by atoms with Crippen LogP contribution in [0.25, 0.3) is 0 Å². The highest BCUT2D eigenvalue weighted by Crippen LogP contribution is 2.18. The maximum absolute atomic E-state index is 11.8. The molecule has 2 rings (SSSR count). The van der Waals surface area contributed by atoms with E-state index in [1.54, 1.807) is 0 Å². The Morgan fingerprint density at radius 1 is 1.73 bits per heavy atom. The Morgan fingerprint density at radius 3 is 3.07 bits per heavy atom. The number of hydrogen-bond acceptors (Lipinski definition) is 4. The number of carbonyl (C=O) groups excluding carboxylic acids is 1. The third-order valence-corrected chi connectivity index (χ3v) is 2.42. The molecular weight excluding hydrogens is 196 g/mol. The van der Waals surface area contributed by atoms with Crippen molar-refractivity contribution >= 4 is 11.6 Å². The minimum atomic E-state index is -0.263. The van der Waals surface area contributed by atoms with E-state index < -0.39 is 0 Å². The van der Waals surface area contributed by atoms with Crippen LogP contribution in [0.2, 0.25) is 0 Å². The van der Waals surface area contributed by atoms with Crippen LogP contribution in [0.3, 0.4) is 0 Å².